The number of carbonyl (C=O) groups is 1. The van der Waals surface area contributed by atoms with Gasteiger partial charge in [-0.25, -0.2) is 0 Å². The van der Waals surface area contributed by atoms with Gasteiger partial charge in [-0.15, -0.1) is 0 Å². The van der Waals surface area contributed by atoms with Gasteiger partial charge in [0.2, 0.25) is 5.91 Å². The van der Waals surface area contributed by atoms with E-state index in [0.717, 1.165) is 0 Å². The Balaban J connectivity index is 1.99. The second-order valence-corrected chi connectivity index (χ2v) is 4.32. The van der Waals surface area contributed by atoms with E-state index in [9.17, 15) is 13.6 Å². The molecular formula is C13H14F2N4O2. The van der Waals surface area contributed by atoms with Crippen LogP contribution >= 0.6 is 0 Å². The van der Waals surface area contributed by atoms with E-state index < -0.39 is 18.6 Å². The van der Waals surface area contributed by atoms with Crippen LogP contribution in [0.3, 0.4) is 0 Å². The van der Waals surface area contributed by atoms with Gasteiger partial charge in [0, 0.05) is 24.5 Å². The zero-order valence-corrected chi connectivity index (χ0v) is 11.2. The van der Waals surface area contributed by atoms with Crippen LogP contribution in [-0.2, 0) is 11.8 Å². The van der Waals surface area contributed by atoms with Gasteiger partial charge >= 0.3 is 6.61 Å². The van der Waals surface area contributed by atoms with Gasteiger partial charge in [0.15, 0.2) is 0 Å². The molecule has 0 aliphatic carbocycles. The number of nitrogens with two attached hydrogens (primary N) is 1. The Labute approximate surface area is 119 Å². The number of rotatable bonds is 5. The summed E-state index contributed by atoms with van der Waals surface area (Å²) in [7, 11) is 1.72. The number of carbonyl (C=O) groups excluding carboxylic acids is 1. The molecule has 112 valence electrons. The van der Waals surface area contributed by atoms with E-state index in [1.54, 1.807) is 17.9 Å². The molecule has 1 aromatic heterocycles. The molecule has 2 aromatic rings. The minimum atomic E-state index is -2.88. The van der Waals surface area contributed by atoms with E-state index in [-0.39, 0.29) is 5.75 Å². The molecule has 21 heavy (non-hydrogen) atoms. The highest BCUT2D eigenvalue weighted by Crippen LogP contribution is 2.19. The van der Waals surface area contributed by atoms with Crippen molar-refractivity contribution in [2.45, 2.75) is 12.7 Å². The van der Waals surface area contributed by atoms with Crippen LogP contribution in [0.5, 0.6) is 5.75 Å². The third-order valence-electron chi connectivity index (χ3n) is 2.71. The Bertz CT molecular complexity index is 613. The lowest BCUT2D eigenvalue weighted by atomic mass is 10.1. The maximum absolute atomic E-state index is 12.0. The summed E-state index contributed by atoms with van der Waals surface area (Å²) in [5.74, 6) is -0.412. The Morgan fingerprint density at radius 2 is 2.05 bits per heavy atom. The highest BCUT2D eigenvalue weighted by molar-refractivity contribution is 5.95. The molecule has 8 heteroatoms. The quantitative estimate of drug-likeness (QED) is 0.879. The van der Waals surface area contributed by atoms with Crippen LogP contribution in [0.4, 0.5) is 14.5 Å². The number of benzene rings is 1. The van der Waals surface area contributed by atoms with E-state index in [1.807, 2.05) is 0 Å². The third-order valence-corrected chi connectivity index (χ3v) is 2.71. The lowest BCUT2D eigenvalue weighted by molar-refractivity contribution is -0.117. The predicted octanol–water partition coefficient (Wildman–Crippen LogP) is 1.66. The molecule has 0 aliphatic heterocycles. The Kier molecular flexibility index (Phi) is 4.49. The van der Waals surface area contributed by atoms with Gasteiger partial charge in [0.05, 0.1) is 6.20 Å². The van der Waals surface area contributed by atoms with Gasteiger partial charge in [0.25, 0.3) is 0 Å². The molecule has 1 aromatic carbocycles. The minimum absolute atomic E-state index is 0.0135. The van der Waals surface area contributed by atoms with E-state index in [0.29, 0.717) is 11.3 Å². The first kappa shape index (κ1) is 14.9. The van der Waals surface area contributed by atoms with Crippen molar-refractivity contribution in [1.29, 1.82) is 0 Å². The molecule has 1 atom stereocenters. The Morgan fingerprint density at radius 1 is 1.38 bits per heavy atom. The first-order valence-electron chi connectivity index (χ1n) is 6.05. The van der Waals surface area contributed by atoms with Crippen LogP contribution in [0.2, 0.25) is 0 Å². The van der Waals surface area contributed by atoms with Crippen molar-refractivity contribution < 1.29 is 18.3 Å². The molecule has 1 heterocycles. The normalized spacial score (nSPS) is 12.2. The lowest BCUT2D eigenvalue weighted by Crippen LogP contribution is -2.27. The number of anilines is 1. The highest BCUT2D eigenvalue weighted by atomic mass is 19.3. The third kappa shape index (κ3) is 3.99. The van der Waals surface area contributed by atoms with Crippen LogP contribution < -0.4 is 15.8 Å². The molecule has 2 rings (SSSR count). The fourth-order valence-electron chi connectivity index (χ4n) is 1.69. The fraction of sp³-hybridized carbons (Fsp3) is 0.231. The van der Waals surface area contributed by atoms with Gasteiger partial charge in [-0.2, -0.15) is 13.9 Å². The van der Waals surface area contributed by atoms with Crippen molar-refractivity contribution in [2.24, 2.45) is 12.8 Å². The summed E-state index contributed by atoms with van der Waals surface area (Å²) in [5, 5.41) is 6.52. The molecule has 0 saturated heterocycles. The molecule has 1 amide bonds. The van der Waals surface area contributed by atoms with Crippen molar-refractivity contribution in [3.63, 3.8) is 0 Å². The molecular weight excluding hydrogens is 282 g/mol. The van der Waals surface area contributed by atoms with Crippen LogP contribution in [0.15, 0.2) is 36.7 Å². The molecule has 3 N–H and O–H groups in total. The number of aryl methyl sites for hydroxylation is 1. The van der Waals surface area contributed by atoms with E-state index in [1.165, 1.54) is 30.5 Å². The maximum Gasteiger partial charge on any atom is 0.387 e. The summed E-state index contributed by atoms with van der Waals surface area (Å²) in [6.45, 7) is -2.88. The number of hydrogen-bond donors (Lipinski definition) is 2. The zero-order chi connectivity index (χ0) is 15.4. The molecule has 0 saturated carbocycles. The number of aromatic nitrogens is 2. The number of nitrogens with zero attached hydrogens (tertiary/aromatic N) is 2. The fourth-order valence-corrected chi connectivity index (χ4v) is 1.69. The summed E-state index contributed by atoms with van der Waals surface area (Å²) in [6, 6.07) is 4.70. The second kappa shape index (κ2) is 6.31. The Morgan fingerprint density at radius 3 is 2.57 bits per heavy atom. The summed E-state index contributed by atoms with van der Waals surface area (Å²) < 4.78 is 29.8. The molecule has 6 nitrogen and oxygen atoms in total. The molecule has 0 radical (unpaired) electrons. The zero-order valence-electron chi connectivity index (χ0n) is 11.2. The van der Waals surface area contributed by atoms with Crippen LogP contribution in [0, 0.1) is 0 Å². The van der Waals surface area contributed by atoms with Gasteiger partial charge in [-0.1, -0.05) is 0 Å². The number of amides is 1. The van der Waals surface area contributed by atoms with Crippen LogP contribution in [0.1, 0.15) is 11.6 Å². The topological polar surface area (TPSA) is 82.2 Å². The van der Waals surface area contributed by atoms with E-state index in [4.69, 9.17) is 5.73 Å². The smallest absolute Gasteiger partial charge is 0.387 e. The number of hydrogen-bond acceptors (Lipinski definition) is 4. The number of alkyl halides is 2. The van der Waals surface area contributed by atoms with Crippen LogP contribution in [0.25, 0.3) is 0 Å². The van der Waals surface area contributed by atoms with E-state index >= 15 is 0 Å². The monoisotopic (exact) mass is 296 g/mol. The number of halogens is 2. The average Bonchev–Trinajstić information content (AvgIpc) is 2.86. The van der Waals surface area contributed by atoms with Gasteiger partial charge in [0.1, 0.15) is 11.8 Å². The van der Waals surface area contributed by atoms with Gasteiger partial charge < -0.3 is 15.8 Å². The summed E-state index contributed by atoms with van der Waals surface area (Å²) in [6.07, 6.45) is 3.15. The first-order valence-corrected chi connectivity index (χ1v) is 6.05. The Hall–Kier alpha value is -2.48. The molecule has 0 bridgehead atoms. The predicted molar refractivity (Wildman–Crippen MR) is 71.8 cm³/mol. The summed E-state index contributed by atoms with van der Waals surface area (Å²) in [4.78, 5) is 12.0. The van der Waals surface area contributed by atoms with Crippen molar-refractivity contribution in [2.75, 3.05) is 5.32 Å². The molecule has 0 fully saturated rings. The van der Waals surface area contributed by atoms with Crippen molar-refractivity contribution in [1.82, 2.24) is 9.78 Å². The van der Waals surface area contributed by atoms with Gasteiger partial charge in [-0.05, 0) is 24.3 Å². The van der Waals surface area contributed by atoms with Crippen LogP contribution in [-0.4, -0.2) is 22.3 Å². The molecule has 0 aliphatic rings. The van der Waals surface area contributed by atoms with Crippen molar-refractivity contribution in [3.05, 3.63) is 42.2 Å². The second-order valence-electron chi connectivity index (χ2n) is 4.32. The minimum Gasteiger partial charge on any atom is -0.435 e. The SMILES string of the molecule is Cn1cc(C(N)C(=O)Nc2ccc(OC(F)F)cc2)cn1. The standard InChI is InChI=1S/C13H14F2N4O2/c1-19-7-8(6-17-19)11(16)12(20)18-9-2-4-10(5-3-9)21-13(14)15/h2-7,11,13H,16H2,1H3,(H,18,20). The number of nitrogens with one attached hydrogen (secondary N) is 1. The molecule has 1 unspecified atom stereocenters. The van der Waals surface area contributed by atoms with E-state index in [2.05, 4.69) is 15.2 Å². The summed E-state index contributed by atoms with van der Waals surface area (Å²) >= 11 is 0. The highest BCUT2D eigenvalue weighted by Gasteiger charge is 2.17. The largest absolute Gasteiger partial charge is 0.435 e. The number of ether oxygens (including phenoxy) is 1. The van der Waals surface area contributed by atoms with Crippen molar-refractivity contribution in [3.8, 4) is 5.75 Å². The van der Waals surface area contributed by atoms with Gasteiger partial charge in [-0.3, -0.25) is 9.48 Å². The average molecular weight is 296 g/mol. The first-order chi connectivity index (χ1) is 9.95. The molecule has 0 spiro atoms. The maximum atomic E-state index is 12.0. The lowest BCUT2D eigenvalue weighted by Gasteiger charge is -2.11. The summed E-state index contributed by atoms with van der Waals surface area (Å²) in [5.41, 5.74) is 6.81. The van der Waals surface area contributed by atoms with Crippen molar-refractivity contribution >= 4 is 11.6 Å².